The second-order valence-corrected chi connectivity index (χ2v) is 13.8. The number of nitriles is 1. The van der Waals surface area contributed by atoms with E-state index in [0.29, 0.717) is 51.1 Å². The number of hydrogen-bond donors (Lipinski definition) is 3. The van der Waals surface area contributed by atoms with Gasteiger partial charge in [-0.25, -0.2) is 9.59 Å². The second-order valence-electron chi connectivity index (χ2n) is 13.4. The second kappa shape index (κ2) is 16.3. The first kappa shape index (κ1) is 37.5. The zero-order chi connectivity index (χ0) is 39.3. The van der Waals surface area contributed by atoms with Crippen molar-refractivity contribution in [1.82, 2.24) is 10.2 Å². The number of fused-ring (bicyclic) bond motifs is 2. The first-order valence-corrected chi connectivity index (χ1v) is 18.0. The van der Waals surface area contributed by atoms with Crippen LogP contribution in [0.5, 0.6) is 11.5 Å². The van der Waals surface area contributed by atoms with Crippen LogP contribution in [0.2, 0.25) is 5.02 Å². The predicted molar refractivity (Wildman–Crippen MR) is 206 cm³/mol. The number of amides is 3. The van der Waals surface area contributed by atoms with Gasteiger partial charge >= 0.3 is 12.1 Å². The Labute approximate surface area is 327 Å². The molecule has 12 nitrogen and oxygen atoms in total. The molecule has 1 unspecified atom stereocenters. The number of carbonyl (C=O) groups excluding carboxylic acids is 3. The summed E-state index contributed by atoms with van der Waals surface area (Å²) < 4.78 is 17.0. The molecule has 2 aliphatic rings. The quantitative estimate of drug-likeness (QED) is 0.129. The lowest BCUT2D eigenvalue weighted by Gasteiger charge is -2.36. The molecule has 56 heavy (non-hydrogen) atoms. The van der Waals surface area contributed by atoms with Crippen LogP contribution in [-0.4, -0.2) is 53.1 Å². The van der Waals surface area contributed by atoms with Gasteiger partial charge in [-0.1, -0.05) is 72.3 Å². The molecule has 13 heteroatoms. The Hall–Kier alpha value is -6.84. The summed E-state index contributed by atoms with van der Waals surface area (Å²) in [5.74, 6) is -0.789. The van der Waals surface area contributed by atoms with E-state index in [0.717, 1.165) is 27.2 Å². The topological polar surface area (TPSA) is 167 Å². The molecule has 5 aromatic carbocycles. The Bertz CT molecular complexity index is 2340. The average molecular weight is 771 g/mol. The zero-order valence-corrected chi connectivity index (χ0v) is 30.8. The molecule has 0 saturated carbocycles. The molecule has 3 atom stereocenters. The fourth-order valence-electron chi connectivity index (χ4n) is 6.79. The van der Waals surface area contributed by atoms with E-state index >= 15 is 0 Å². The number of anilines is 1. The summed E-state index contributed by atoms with van der Waals surface area (Å²) in [7, 11) is 1.22. The Morgan fingerprint density at radius 1 is 0.964 bits per heavy atom. The Balaban J connectivity index is 1.03. The van der Waals surface area contributed by atoms with E-state index in [9.17, 15) is 24.3 Å². The summed E-state index contributed by atoms with van der Waals surface area (Å²) in [5, 5.41) is 25.5. The van der Waals surface area contributed by atoms with Crippen LogP contribution in [0.1, 0.15) is 39.5 Å². The number of ether oxygens (including phenoxy) is 3. The molecule has 0 radical (unpaired) electrons. The van der Waals surface area contributed by atoms with E-state index < -0.39 is 42.1 Å². The third-order valence-electron chi connectivity index (χ3n) is 9.74. The minimum Gasteiger partial charge on any atom is -0.489 e. The molecule has 282 valence electrons. The SMILES string of the molecule is COC(=O)[C@H](Cc1ccc(-c2ccc(C#N)cc2)cc1)NC(=O)C1Cc2cc3c(cc2CN1C(=O)O)O[C@@H](c1ccc(OCc2cccc(Cl)c2)cc1)C(=O)N3. The van der Waals surface area contributed by atoms with Gasteiger partial charge in [-0.05, 0) is 81.9 Å². The molecule has 3 N–H and O–H groups in total. The highest BCUT2D eigenvalue weighted by Crippen LogP contribution is 2.40. The molecular formula is C43H35ClN4O8. The summed E-state index contributed by atoms with van der Waals surface area (Å²) in [6.45, 7) is 0.189. The Morgan fingerprint density at radius 2 is 1.68 bits per heavy atom. The lowest BCUT2D eigenvalue weighted by molar-refractivity contribution is -0.145. The number of rotatable bonds is 10. The first-order valence-electron chi connectivity index (χ1n) is 17.7. The van der Waals surface area contributed by atoms with Crippen LogP contribution in [0.3, 0.4) is 0 Å². The molecular weight excluding hydrogens is 736 g/mol. The number of nitrogens with one attached hydrogen (secondary N) is 2. The van der Waals surface area contributed by atoms with Gasteiger partial charge in [0, 0.05) is 23.4 Å². The average Bonchev–Trinajstić information content (AvgIpc) is 3.21. The largest absolute Gasteiger partial charge is 0.489 e. The lowest BCUT2D eigenvalue weighted by atomic mass is 9.92. The van der Waals surface area contributed by atoms with Gasteiger partial charge in [0.25, 0.3) is 5.91 Å². The fourth-order valence-corrected chi connectivity index (χ4v) is 7.00. The first-order chi connectivity index (χ1) is 27.1. The lowest BCUT2D eigenvalue weighted by Crippen LogP contribution is -2.55. The summed E-state index contributed by atoms with van der Waals surface area (Å²) in [6, 6.07) is 32.1. The normalized spacial score (nSPS) is 16.2. The van der Waals surface area contributed by atoms with Gasteiger partial charge in [-0.2, -0.15) is 5.26 Å². The number of halogens is 1. The number of carboxylic acid groups (broad SMARTS) is 1. The van der Waals surface area contributed by atoms with Crippen LogP contribution in [0.25, 0.3) is 11.1 Å². The third kappa shape index (κ3) is 8.28. The van der Waals surface area contributed by atoms with E-state index in [1.165, 1.54) is 7.11 Å². The smallest absolute Gasteiger partial charge is 0.408 e. The maximum absolute atomic E-state index is 13.8. The molecule has 0 aliphatic carbocycles. The maximum Gasteiger partial charge on any atom is 0.408 e. The van der Waals surface area contributed by atoms with Crippen LogP contribution < -0.4 is 20.1 Å². The highest BCUT2D eigenvalue weighted by atomic mass is 35.5. The van der Waals surface area contributed by atoms with Gasteiger partial charge in [0.2, 0.25) is 12.0 Å². The van der Waals surface area contributed by atoms with E-state index in [1.807, 2.05) is 54.6 Å². The van der Waals surface area contributed by atoms with E-state index in [2.05, 4.69) is 16.7 Å². The van der Waals surface area contributed by atoms with Gasteiger partial charge in [0.15, 0.2) is 0 Å². The molecule has 0 saturated heterocycles. The summed E-state index contributed by atoms with van der Waals surface area (Å²) in [5.41, 5.74) is 6.26. The molecule has 0 aromatic heterocycles. The number of carbonyl (C=O) groups is 4. The van der Waals surface area contributed by atoms with Crippen molar-refractivity contribution < 1.29 is 38.5 Å². The van der Waals surface area contributed by atoms with Gasteiger partial charge in [0.1, 0.15) is 30.2 Å². The molecule has 7 rings (SSSR count). The van der Waals surface area contributed by atoms with Crippen molar-refractivity contribution in [1.29, 1.82) is 5.26 Å². The summed E-state index contributed by atoms with van der Waals surface area (Å²) in [6.07, 6.45) is -2.20. The standard InChI is InChI=1S/C43H35ClN4O8/c1-54-42(51)36(18-25-5-9-28(10-6-25)29-11-7-26(22-45)8-12-29)47-40(49)37-20-31-19-35-38(21-32(31)23-48(37)43(52)53)56-39(41(50)46-35)30-13-15-34(16-14-30)55-24-27-3-2-4-33(44)17-27/h2-17,19,21,36-37,39H,18,20,23-24H2,1H3,(H,46,50)(H,47,49)(H,52,53)/t36-,37?,39-/m0/s1. The molecule has 0 bridgehead atoms. The monoisotopic (exact) mass is 770 g/mol. The van der Waals surface area contributed by atoms with Gasteiger partial charge in [-0.15, -0.1) is 0 Å². The number of methoxy groups -OCH3 is 1. The van der Waals surface area contributed by atoms with Crippen molar-refractivity contribution in [2.24, 2.45) is 0 Å². The van der Waals surface area contributed by atoms with Gasteiger partial charge < -0.3 is 30.0 Å². The molecule has 0 spiro atoms. The molecule has 2 heterocycles. The molecule has 2 aliphatic heterocycles. The number of benzene rings is 5. The van der Waals surface area contributed by atoms with Crippen LogP contribution in [0.15, 0.2) is 109 Å². The Kier molecular flexibility index (Phi) is 10.9. The minimum absolute atomic E-state index is 0.0100. The van der Waals surface area contributed by atoms with Crippen molar-refractivity contribution in [2.75, 3.05) is 12.4 Å². The highest BCUT2D eigenvalue weighted by molar-refractivity contribution is 6.30. The van der Waals surface area contributed by atoms with Crippen molar-refractivity contribution in [2.45, 2.75) is 44.2 Å². The van der Waals surface area contributed by atoms with Crippen molar-refractivity contribution in [3.63, 3.8) is 0 Å². The number of hydrogen-bond acceptors (Lipinski definition) is 8. The molecule has 0 fully saturated rings. The minimum atomic E-state index is -1.31. The van der Waals surface area contributed by atoms with Gasteiger partial charge in [0.05, 0.1) is 31.0 Å². The van der Waals surface area contributed by atoms with Crippen LogP contribution in [0.4, 0.5) is 10.5 Å². The number of nitrogens with zero attached hydrogens (tertiary/aromatic N) is 2. The third-order valence-corrected chi connectivity index (χ3v) is 9.98. The van der Waals surface area contributed by atoms with Crippen LogP contribution in [0, 0.1) is 11.3 Å². The zero-order valence-electron chi connectivity index (χ0n) is 30.0. The highest BCUT2D eigenvalue weighted by Gasteiger charge is 2.38. The Morgan fingerprint density at radius 3 is 2.34 bits per heavy atom. The van der Waals surface area contributed by atoms with E-state index in [4.69, 9.17) is 31.1 Å². The summed E-state index contributed by atoms with van der Waals surface area (Å²) >= 11 is 6.07. The van der Waals surface area contributed by atoms with Crippen LogP contribution >= 0.6 is 11.6 Å². The summed E-state index contributed by atoms with van der Waals surface area (Å²) in [4.78, 5) is 53.4. The van der Waals surface area contributed by atoms with E-state index in [1.54, 1.807) is 54.6 Å². The van der Waals surface area contributed by atoms with E-state index in [-0.39, 0.29) is 19.4 Å². The van der Waals surface area contributed by atoms with Crippen LogP contribution in [-0.2, 0) is 45.1 Å². The molecule has 5 aromatic rings. The molecule has 3 amide bonds. The van der Waals surface area contributed by atoms with Gasteiger partial charge in [-0.3, -0.25) is 14.5 Å². The predicted octanol–water partition coefficient (Wildman–Crippen LogP) is 6.84. The van der Waals surface area contributed by atoms with Crippen molar-refractivity contribution in [3.8, 4) is 28.7 Å². The number of esters is 1. The fraction of sp³-hybridized carbons (Fsp3) is 0.186. The van der Waals surface area contributed by atoms with Crippen molar-refractivity contribution >= 4 is 41.2 Å². The van der Waals surface area contributed by atoms with Crippen molar-refractivity contribution in [3.05, 3.63) is 148 Å². The maximum atomic E-state index is 13.8.